The molecule has 2 N–H and O–H groups in total. The molecule has 1 aromatic carbocycles. The van der Waals surface area contributed by atoms with Crippen molar-refractivity contribution in [3.63, 3.8) is 0 Å². The van der Waals surface area contributed by atoms with Crippen molar-refractivity contribution in [2.24, 2.45) is 5.92 Å². The molecule has 0 bridgehead atoms. The summed E-state index contributed by atoms with van der Waals surface area (Å²) in [7, 11) is 0. The van der Waals surface area contributed by atoms with Crippen molar-refractivity contribution in [3.8, 4) is 0 Å². The predicted octanol–water partition coefficient (Wildman–Crippen LogP) is 1.63. The second kappa shape index (κ2) is 6.36. The number of likely N-dealkylation sites (tertiary alicyclic amines) is 1. The van der Waals surface area contributed by atoms with Crippen LogP contribution in [0, 0.1) is 5.92 Å². The summed E-state index contributed by atoms with van der Waals surface area (Å²) < 4.78 is 5.75. The van der Waals surface area contributed by atoms with Crippen molar-refractivity contribution in [1.29, 1.82) is 0 Å². The monoisotopic (exact) mass is 304 g/mol. The standard InChI is InChI=1S/C16H20N2O4/c19-15(20)12-6-8-18(10-12)16(21)17-13-7-9-22-14(13)11-4-2-1-3-5-11/h1-5,12-14H,6-10H2,(H,17,21)(H,19,20). The van der Waals surface area contributed by atoms with Crippen LogP contribution in [0.4, 0.5) is 4.79 Å². The first kappa shape index (κ1) is 14.8. The summed E-state index contributed by atoms with van der Waals surface area (Å²) in [6, 6.07) is 9.57. The van der Waals surface area contributed by atoms with Crippen LogP contribution >= 0.6 is 0 Å². The molecule has 0 spiro atoms. The Morgan fingerprint density at radius 1 is 1.23 bits per heavy atom. The maximum atomic E-state index is 12.3. The number of aliphatic carboxylic acids is 1. The number of carboxylic acid groups (broad SMARTS) is 1. The SMILES string of the molecule is O=C(O)C1CCN(C(=O)NC2CCOC2c2ccccc2)C1. The number of nitrogens with zero attached hydrogens (tertiary/aromatic N) is 1. The van der Waals surface area contributed by atoms with Gasteiger partial charge in [-0.3, -0.25) is 4.79 Å². The van der Waals surface area contributed by atoms with E-state index in [1.54, 1.807) is 4.90 Å². The van der Waals surface area contributed by atoms with E-state index < -0.39 is 11.9 Å². The Labute approximate surface area is 129 Å². The molecule has 2 aliphatic rings. The quantitative estimate of drug-likeness (QED) is 0.889. The Bertz CT molecular complexity index is 548. The average molecular weight is 304 g/mol. The summed E-state index contributed by atoms with van der Waals surface area (Å²) in [5, 5.41) is 12.0. The Morgan fingerprint density at radius 2 is 2.00 bits per heavy atom. The second-order valence-electron chi connectivity index (χ2n) is 5.82. The molecule has 22 heavy (non-hydrogen) atoms. The van der Waals surface area contributed by atoms with Crippen molar-refractivity contribution in [3.05, 3.63) is 35.9 Å². The van der Waals surface area contributed by atoms with Crippen LogP contribution in [0.15, 0.2) is 30.3 Å². The Hall–Kier alpha value is -2.08. The third-order valence-corrected chi connectivity index (χ3v) is 4.35. The van der Waals surface area contributed by atoms with Crippen LogP contribution in [0.3, 0.4) is 0 Å². The van der Waals surface area contributed by atoms with Crippen LogP contribution < -0.4 is 5.32 Å². The highest BCUT2D eigenvalue weighted by molar-refractivity contribution is 5.77. The first-order chi connectivity index (χ1) is 10.6. The predicted molar refractivity (Wildman–Crippen MR) is 79.4 cm³/mol. The van der Waals surface area contributed by atoms with E-state index in [1.165, 1.54) is 0 Å². The molecule has 0 aromatic heterocycles. The zero-order chi connectivity index (χ0) is 15.5. The van der Waals surface area contributed by atoms with Crippen LogP contribution in [-0.2, 0) is 9.53 Å². The van der Waals surface area contributed by atoms with Crippen LogP contribution in [0.1, 0.15) is 24.5 Å². The summed E-state index contributed by atoms with van der Waals surface area (Å²) in [5.74, 6) is -1.28. The zero-order valence-corrected chi connectivity index (χ0v) is 12.3. The van der Waals surface area contributed by atoms with Gasteiger partial charge in [-0.25, -0.2) is 4.79 Å². The Kier molecular flexibility index (Phi) is 4.29. The van der Waals surface area contributed by atoms with Gasteiger partial charge >= 0.3 is 12.0 Å². The van der Waals surface area contributed by atoms with E-state index in [0.717, 1.165) is 12.0 Å². The van der Waals surface area contributed by atoms with Crippen LogP contribution in [0.2, 0.25) is 0 Å². The fourth-order valence-electron chi connectivity index (χ4n) is 3.10. The van der Waals surface area contributed by atoms with E-state index in [9.17, 15) is 9.59 Å². The Balaban J connectivity index is 1.60. The molecule has 2 heterocycles. The highest BCUT2D eigenvalue weighted by atomic mass is 16.5. The van der Waals surface area contributed by atoms with Crippen molar-refractivity contribution >= 4 is 12.0 Å². The second-order valence-corrected chi connectivity index (χ2v) is 5.82. The lowest BCUT2D eigenvalue weighted by Gasteiger charge is -2.24. The van der Waals surface area contributed by atoms with Crippen LogP contribution in [-0.4, -0.2) is 47.7 Å². The molecule has 2 aliphatic heterocycles. The summed E-state index contributed by atoms with van der Waals surface area (Å²) in [6.07, 6.45) is 1.15. The summed E-state index contributed by atoms with van der Waals surface area (Å²) in [5.41, 5.74) is 1.05. The van der Waals surface area contributed by atoms with Gasteiger partial charge in [0.25, 0.3) is 0 Å². The van der Waals surface area contributed by atoms with Crippen molar-refractivity contribution < 1.29 is 19.4 Å². The molecular weight excluding hydrogens is 284 g/mol. The number of urea groups is 1. The zero-order valence-electron chi connectivity index (χ0n) is 12.3. The van der Waals surface area contributed by atoms with Gasteiger partial charge in [-0.2, -0.15) is 0 Å². The highest BCUT2D eigenvalue weighted by Gasteiger charge is 2.35. The van der Waals surface area contributed by atoms with Crippen LogP contribution in [0.5, 0.6) is 0 Å². The maximum absolute atomic E-state index is 12.3. The van der Waals surface area contributed by atoms with Gasteiger partial charge in [0.1, 0.15) is 6.10 Å². The summed E-state index contributed by atoms with van der Waals surface area (Å²) in [4.78, 5) is 24.9. The molecule has 3 atom stereocenters. The van der Waals surface area contributed by atoms with Crippen molar-refractivity contribution in [1.82, 2.24) is 10.2 Å². The Morgan fingerprint density at radius 3 is 2.68 bits per heavy atom. The van der Waals surface area contributed by atoms with Gasteiger partial charge in [-0.15, -0.1) is 0 Å². The van der Waals surface area contributed by atoms with Crippen LogP contribution in [0.25, 0.3) is 0 Å². The summed E-state index contributed by atoms with van der Waals surface area (Å²) >= 11 is 0. The number of nitrogens with one attached hydrogen (secondary N) is 1. The minimum absolute atomic E-state index is 0.0706. The number of hydrogen-bond donors (Lipinski definition) is 2. The lowest BCUT2D eigenvalue weighted by molar-refractivity contribution is -0.141. The number of carboxylic acids is 1. The molecule has 2 fully saturated rings. The molecule has 6 nitrogen and oxygen atoms in total. The first-order valence-electron chi connectivity index (χ1n) is 7.60. The largest absolute Gasteiger partial charge is 0.481 e. The van der Waals surface area contributed by atoms with E-state index in [1.807, 2.05) is 30.3 Å². The highest BCUT2D eigenvalue weighted by Crippen LogP contribution is 2.29. The van der Waals surface area contributed by atoms with E-state index in [0.29, 0.717) is 19.6 Å². The molecule has 3 unspecified atom stereocenters. The molecule has 118 valence electrons. The first-order valence-corrected chi connectivity index (χ1v) is 7.60. The third-order valence-electron chi connectivity index (χ3n) is 4.35. The molecule has 6 heteroatoms. The van der Waals surface area contributed by atoms with Gasteiger partial charge in [0, 0.05) is 19.7 Å². The summed E-state index contributed by atoms with van der Waals surface area (Å²) in [6.45, 7) is 1.39. The lowest BCUT2D eigenvalue weighted by Crippen LogP contribution is -2.45. The third kappa shape index (κ3) is 3.06. The number of ether oxygens (including phenoxy) is 1. The topological polar surface area (TPSA) is 78.9 Å². The fraction of sp³-hybridized carbons (Fsp3) is 0.500. The van der Waals surface area contributed by atoms with Gasteiger partial charge in [0.15, 0.2) is 0 Å². The van der Waals surface area contributed by atoms with Gasteiger partial charge in [-0.05, 0) is 18.4 Å². The number of hydrogen-bond acceptors (Lipinski definition) is 3. The number of carbonyl (C=O) groups is 2. The molecule has 2 amide bonds. The fourth-order valence-corrected chi connectivity index (χ4v) is 3.10. The molecule has 3 rings (SSSR count). The number of carbonyl (C=O) groups excluding carboxylic acids is 1. The van der Waals surface area contributed by atoms with Gasteiger partial charge in [0.05, 0.1) is 12.0 Å². The molecule has 0 saturated carbocycles. The molecule has 0 radical (unpaired) electrons. The molecule has 2 saturated heterocycles. The average Bonchev–Trinajstić information content (AvgIpc) is 3.17. The van der Waals surface area contributed by atoms with E-state index in [2.05, 4.69) is 5.32 Å². The molecule has 0 aliphatic carbocycles. The number of rotatable bonds is 3. The molecule has 1 aromatic rings. The van der Waals surface area contributed by atoms with E-state index in [-0.39, 0.29) is 24.7 Å². The van der Waals surface area contributed by atoms with Crippen molar-refractivity contribution in [2.75, 3.05) is 19.7 Å². The van der Waals surface area contributed by atoms with Gasteiger partial charge in [0.2, 0.25) is 0 Å². The number of amides is 2. The van der Waals surface area contributed by atoms with Gasteiger partial charge < -0.3 is 20.1 Å². The minimum Gasteiger partial charge on any atom is -0.481 e. The lowest BCUT2D eigenvalue weighted by atomic mass is 10.0. The number of benzene rings is 1. The smallest absolute Gasteiger partial charge is 0.317 e. The maximum Gasteiger partial charge on any atom is 0.317 e. The minimum atomic E-state index is -0.832. The molecular formula is C16H20N2O4. The van der Waals surface area contributed by atoms with E-state index in [4.69, 9.17) is 9.84 Å². The normalized spacial score (nSPS) is 27.8. The van der Waals surface area contributed by atoms with E-state index >= 15 is 0 Å². The van der Waals surface area contributed by atoms with Gasteiger partial charge in [-0.1, -0.05) is 30.3 Å². The van der Waals surface area contributed by atoms with Crippen molar-refractivity contribution in [2.45, 2.75) is 25.0 Å².